The quantitative estimate of drug-likeness (QED) is 0.157. The molecule has 2 aliphatic heterocycles. The number of nitrogens with zero attached hydrogens (tertiary/aromatic N) is 3. The van der Waals surface area contributed by atoms with Crippen LogP contribution in [0.25, 0.3) is 22.3 Å². The Hall–Kier alpha value is -4.26. The van der Waals surface area contributed by atoms with Crippen molar-refractivity contribution in [3.05, 3.63) is 189 Å². The first-order chi connectivity index (χ1) is 29.4. The van der Waals surface area contributed by atoms with Gasteiger partial charge in [-0.3, -0.25) is 14.7 Å². The van der Waals surface area contributed by atoms with Gasteiger partial charge in [0.05, 0.1) is 0 Å². The molecule has 3 fully saturated rings. The summed E-state index contributed by atoms with van der Waals surface area (Å²) in [6.45, 7) is 12.8. The van der Waals surface area contributed by atoms with Crippen LogP contribution < -0.4 is 5.32 Å². The summed E-state index contributed by atoms with van der Waals surface area (Å²) in [5.74, 6) is 0. The molecule has 0 bridgehead atoms. The lowest BCUT2D eigenvalue weighted by Gasteiger charge is -2.46. The first-order valence-electron chi connectivity index (χ1n) is 22.1. The monoisotopic (exact) mass is 834 g/mol. The van der Waals surface area contributed by atoms with Crippen molar-refractivity contribution < 1.29 is 0 Å². The standard InChI is InChI=1S/C30H35ClN2.C24H25ClN2/c1-23-12-17-29(31)28(20-23)25-15-13-24(14-16-25)21-32-18-19-33(27-10-6-3-7-11-27)30(22-32)26-8-4-2-5-9-26;1-18-7-12-23(25)22(15-18)20-10-8-19(9-11-20)16-27-14-13-26-24(17-27)21-5-3-2-4-6-21/h2,4-5,8-9,12-17,20,27,30H,3,6-7,10-11,18-19,21-22H2,1H3;2-12,15,24,26H,13-14,16-17H2,1H3. The van der Waals surface area contributed by atoms with Crippen molar-refractivity contribution in [2.24, 2.45) is 0 Å². The van der Waals surface area contributed by atoms with Gasteiger partial charge in [0.1, 0.15) is 0 Å². The van der Waals surface area contributed by atoms with E-state index in [0.29, 0.717) is 12.1 Å². The van der Waals surface area contributed by atoms with Crippen molar-refractivity contribution in [1.82, 2.24) is 20.0 Å². The molecule has 310 valence electrons. The van der Waals surface area contributed by atoms with E-state index in [-0.39, 0.29) is 0 Å². The van der Waals surface area contributed by atoms with E-state index in [9.17, 15) is 0 Å². The summed E-state index contributed by atoms with van der Waals surface area (Å²) < 4.78 is 0. The molecule has 6 aromatic rings. The Bertz CT molecular complexity index is 2250. The average molecular weight is 836 g/mol. The zero-order chi connectivity index (χ0) is 41.3. The van der Waals surface area contributed by atoms with Crippen molar-refractivity contribution in [2.75, 3.05) is 39.3 Å². The first kappa shape index (κ1) is 42.4. The van der Waals surface area contributed by atoms with Gasteiger partial charge in [-0.1, -0.05) is 175 Å². The van der Waals surface area contributed by atoms with Gasteiger partial charge < -0.3 is 5.32 Å². The number of benzene rings is 6. The van der Waals surface area contributed by atoms with Gasteiger partial charge in [0.2, 0.25) is 0 Å². The summed E-state index contributed by atoms with van der Waals surface area (Å²) in [4.78, 5) is 8.00. The van der Waals surface area contributed by atoms with Crippen LogP contribution in [0.2, 0.25) is 10.0 Å². The highest BCUT2D eigenvalue weighted by Crippen LogP contribution is 2.35. The molecule has 0 amide bonds. The third-order valence-electron chi connectivity index (χ3n) is 12.8. The van der Waals surface area contributed by atoms with E-state index < -0.39 is 0 Å². The van der Waals surface area contributed by atoms with Crippen LogP contribution in [0.1, 0.15) is 77.6 Å². The predicted octanol–water partition coefficient (Wildman–Crippen LogP) is 13.0. The second kappa shape index (κ2) is 20.5. The normalized spacial score (nSPS) is 19.4. The Morgan fingerprint density at radius 1 is 0.533 bits per heavy atom. The van der Waals surface area contributed by atoms with Crippen molar-refractivity contribution in [1.29, 1.82) is 0 Å². The number of rotatable bonds is 9. The highest BCUT2D eigenvalue weighted by atomic mass is 35.5. The number of hydrogen-bond donors (Lipinski definition) is 1. The van der Waals surface area contributed by atoms with Crippen LogP contribution in [-0.4, -0.2) is 60.0 Å². The SMILES string of the molecule is Cc1ccc(Cl)c(-c2ccc(CN3CCN(C4CCCCC4)C(c4ccccc4)C3)cc2)c1.Cc1ccc(Cl)c(-c2ccc(CN3CCNC(c4ccccc4)C3)cc2)c1. The molecule has 1 saturated carbocycles. The zero-order valence-corrected chi connectivity index (χ0v) is 36.9. The molecule has 6 heteroatoms. The summed E-state index contributed by atoms with van der Waals surface area (Å²) in [5.41, 5.74) is 12.6. The minimum Gasteiger partial charge on any atom is -0.308 e. The maximum atomic E-state index is 6.47. The Labute approximate surface area is 369 Å². The molecule has 3 aliphatic rings. The predicted molar refractivity (Wildman–Crippen MR) is 254 cm³/mol. The largest absolute Gasteiger partial charge is 0.308 e. The lowest BCUT2D eigenvalue weighted by Crippen LogP contribution is -2.52. The van der Waals surface area contributed by atoms with E-state index in [1.54, 1.807) is 0 Å². The van der Waals surface area contributed by atoms with Gasteiger partial charge in [-0.2, -0.15) is 0 Å². The zero-order valence-electron chi connectivity index (χ0n) is 35.4. The number of halogens is 2. The molecule has 1 aliphatic carbocycles. The van der Waals surface area contributed by atoms with E-state index in [1.165, 1.54) is 83.2 Å². The van der Waals surface area contributed by atoms with Crippen molar-refractivity contribution in [2.45, 2.75) is 77.2 Å². The number of aryl methyl sites for hydroxylation is 2. The molecule has 2 saturated heterocycles. The van der Waals surface area contributed by atoms with Crippen LogP contribution >= 0.6 is 23.2 Å². The molecule has 1 N–H and O–H groups in total. The topological polar surface area (TPSA) is 21.8 Å². The van der Waals surface area contributed by atoms with Crippen LogP contribution in [-0.2, 0) is 13.1 Å². The molecule has 4 nitrogen and oxygen atoms in total. The molecule has 0 aromatic heterocycles. The van der Waals surface area contributed by atoms with E-state index in [2.05, 4.69) is 161 Å². The lowest BCUT2D eigenvalue weighted by atomic mass is 9.90. The fraction of sp³-hybridized carbons (Fsp3) is 0.333. The van der Waals surface area contributed by atoms with Crippen LogP contribution in [0.5, 0.6) is 0 Å². The van der Waals surface area contributed by atoms with E-state index >= 15 is 0 Å². The second-order valence-electron chi connectivity index (χ2n) is 17.2. The average Bonchev–Trinajstić information content (AvgIpc) is 3.30. The molecule has 2 atom stereocenters. The molecule has 6 aromatic carbocycles. The van der Waals surface area contributed by atoms with Gasteiger partial charge in [-0.15, -0.1) is 0 Å². The maximum absolute atomic E-state index is 6.47. The Morgan fingerprint density at radius 3 is 1.60 bits per heavy atom. The molecule has 2 heterocycles. The molecule has 0 radical (unpaired) electrons. The highest BCUT2D eigenvalue weighted by Gasteiger charge is 2.33. The number of nitrogens with one attached hydrogen (secondary N) is 1. The van der Waals surface area contributed by atoms with Gasteiger partial charge in [0, 0.05) is 91.7 Å². The van der Waals surface area contributed by atoms with Gasteiger partial charge in [-0.05, 0) is 84.3 Å². The molecule has 9 rings (SSSR count). The van der Waals surface area contributed by atoms with Crippen molar-refractivity contribution >= 4 is 23.2 Å². The lowest BCUT2D eigenvalue weighted by molar-refractivity contribution is 0.0231. The Balaban J connectivity index is 0.000000170. The third kappa shape index (κ3) is 11.0. The van der Waals surface area contributed by atoms with Crippen LogP contribution in [0.3, 0.4) is 0 Å². The van der Waals surface area contributed by atoms with Crippen molar-refractivity contribution in [3.63, 3.8) is 0 Å². The fourth-order valence-corrected chi connectivity index (χ4v) is 9.95. The van der Waals surface area contributed by atoms with E-state index in [4.69, 9.17) is 23.2 Å². The molecular weight excluding hydrogens is 776 g/mol. The van der Waals surface area contributed by atoms with E-state index in [1.807, 2.05) is 18.2 Å². The first-order valence-corrected chi connectivity index (χ1v) is 22.9. The van der Waals surface area contributed by atoms with Gasteiger partial charge in [0.25, 0.3) is 0 Å². The van der Waals surface area contributed by atoms with E-state index in [0.717, 1.165) is 73.0 Å². The summed E-state index contributed by atoms with van der Waals surface area (Å²) in [6.07, 6.45) is 6.93. The second-order valence-corrected chi connectivity index (χ2v) is 18.0. The minimum absolute atomic E-state index is 0.408. The fourth-order valence-electron chi connectivity index (χ4n) is 9.50. The minimum atomic E-state index is 0.408. The highest BCUT2D eigenvalue weighted by molar-refractivity contribution is 6.33. The van der Waals surface area contributed by atoms with Gasteiger partial charge >= 0.3 is 0 Å². The maximum Gasteiger partial charge on any atom is 0.0484 e. The molecule has 60 heavy (non-hydrogen) atoms. The number of piperazine rings is 2. The summed E-state index contributed by atoms with van der Waals surface area (Å²) in [7, 11) is 0. The van der Waals surface area contributed by atoms with Crippen molar-refractivity contribution in [3.8, 4) is 22.3 Å². The smallest absolute Gasteiger partial charge is 0.0484 e. The Morgan fingerprint density at radius 2 is 1.05 bits per heavy atom. The summed E-state index contributed by atoms with van der Waals surface area (Å²) in [6, 6.07) is 53.8. The molecular formula is C54H60Cl2N4. The summed E-state index contributed by atoms with van der Waals surface area (Å²) >= 11 is 12.9. The van der Waals surface area contributed by atoms with Gasteiger partial charge in [0.15, 0.2) is 0 Å². The van der Waals surface area contributed by atoms with Gasteiger partial charge in [-0.25, -0.2) is 0 Å². The summed E-state index contributed by atoms with van der Waals surface area (Å²) in [5, 5.41) is 5.26. The Kier molecular flexibility index (Phi) is 14.5. The third-order valence-corrected chi connectivity index (χ3v) is 13.4. The molecule has 2 unspecified atom stereocenters. The van der Waals surface area contributed by atoms with Crippen LogP contribution in [0.15, 0.2) is 146 Å². The number of hydrogen-bond acceptors (Lipinski definition) is 4. The van der Waals surface area contributed by atoms with Crippen LogP contribution in [0, 0.1) is 13.8 Å². The molecule has 0 spiro atoms. The van der Waals surface area contributed by atoms with Crippen LogP contribution in [0.4, 0.5) is 0 Å².